The Bertz CT molecular complexity index is 770. The molecular formula is C24H32N2O3. The van der Waals surface area contributed by atoms with Crippen LogP contribution in [0.2, 0.25) is 0 Å². The highest BCUT2D eigenvalue weighted by atomic mass is 16.5. The van der Waals surface area contributed by atoms with Crippen molar-refractivity contribution >= 4 is 5.91 Å². The number of amides is 1. The van der Waals surface area contributed by atoms with E-state index in [1.807, 2.05) is 12.1 Å². The van der Waals surface area contributed by atoms with Crippen LogP contribution < -0.4 is 10.1 Å². The summed E-state index contributed by atoms with van der Waals surface area (Å²) in [7, 11) is 1.67. The molecule has 29 heavy (non-hydrogen) atoms. The third-order valence-corrected chi connectivity index (χ3v) is 5.59. The summed E-state index contributed by atoms with van der Waals surface area (Å²) in [6.45, 7) is 5.94. The smallest absolute Gasteiger partial charge is 0.220 e. The van der Waals surface area contributed by atoms with Crippen molar-refractivity contribution in [2.75, 3.05) is 40.0 Å². The molecule has 156 valence electrons. The first kappa shape index (κ1) is 21.3. The summed E-state index contributed by atoms with van der Waals surface area (Å²) in [5.41, 5.74) is 3.80. The molecule has 0 radical (unpaired) electrons. The Hall–Kier alpha value is -2.37. The Morgan fingerprint density at radius 3 is 2.55 bits per heavy atom. The molecule has 0 aliphatic carbocycles. The second-order valence-corrected chi connectivity index (χ2v) is 7.52. The van der Waals surface area contributed by atoms with E-state index < -0.39 is 0 Å². The number of hydrogen-bond donors (Lipinski definition) is 1. The van der Waals surface area contributed by atoms with E-state index in [2.05, 4.69) is 53.5 Å². The topological polar surface area (TPSA) is 50.8 Å². The van der Waals surface area contributed by atoms with Gasteiger partial charge in [-0.05, 0) is 48.6 Å². The fourth-order valence-electron chi connectivity index (χ4n) is 3.80. The van der Waals surface area contributed by atoms with Gasteiger partial charge in [-0.2, -0.15) is 0 Å². The van der Waals surface area contributed by atoms with Crippen LogP contribution in [0.5, 0.6) is 5.75 Å². The van der Waals surface area contributed by atoms with Gasteiger partial charge >= 0.3 is 0 Å². The third kappa shape index (κ3) is 6.31. The van der Waals surface area contributed by atoms with Crippen LogP contribution in [0.1, 0.15) is 35.6 Å². The quantitative estimate of drug-likeness (QED) is 0.705. The summed E-state index contributed by atoms with van der Waals surface area (Å²) in [5, 5.41) is 3.16. The number of rotatable bonds is 9. The Morgan fingerprint density at radius 2 is 1.86 bits per heavy atom. The number of carbonyl (C=O) groups excluding carboxylic acids is 1. The van der Waals surface area contributed by atoms with Gasteiger partial charge in [0.05, 0.1) is 26.4 Å². The van der Waals surface area contributed by atoms with Gasteiger partial charge in [0.25, 0.3) is 0 Å². The Morgan fingerprint density at radius 1 is 1.14 bits per heavy atom. The van der Waals surface area contributed by atoms with Crippen molar-refractivity contribution in [1.82, 2.24) is 10.2 Å². The van der Waals surface area contributed by atoms with Crippen molar-refractivity contribution in [2.24, 2.45) is 0 Å². The fraction of sp³-hybridized carbons (Fsp3) is 0.458. The van der Waals surface area contributed by atoms with Crippen LogP contribution in [0.4, 0.5) is 0 Å². The second-order valence-electron chi connectivity index (χ2n) is 7.52. The number of hydrogen-bond acceptors (Lipinski definition) is 4. The van der Waals surface area contributed by atoms with Gasteiger partial charge in [-0.1, -0.05) is 36.4 Å². The first-order valence-electron chi connectivity index (χ1n) is 10.4. The number of carbonyl (C=O) groups is 1. The molecule has 0 saturated carbocycles. The lowest BCUT2D eigenvalue weighted by atomic mass is 10.0. The monoisotopic (exact) mass is 396 g/mol. The van der Waals surface area contributed by atoms with Crippen LogP contribution in [0, 0.1) is 6.92 Å². The summed E-state index contributed by atoms with van der Waals surface area (Å²) in [6.07, 6.45) is 2.35. The molecule has 1 aliphatic rings. The van der Waals surface area contributed by atoms with E-state index in [-0.39, 0.29) is 11.9 Å². The molecule has 2 aromatic rings. The highest BCUT2D eigenvalue weighted by molar-refractivity contribution is 5.75. The first-order chi connectivity index (χ1) is 14.2. The number of nitrogens with zero attached hydrogens (tertiary/aromatic N) is 1. The van der Waals surface area contributed by atoms with Crippen LogP contribution in [0.3, 0.4) is 0 Å². The maximum Gasteiger partial charge on any atom is 0.220 e. The van der Waals surface area contributed by atoms with Gasteiger partial charge in [0.2, 0.25) is 5.91 Å². The van der Waals surface area contributed by atoms with Gasteiger partial charge in [0.15, 0.2) is 0 Å². The lowest BCUT2D eigenvalue weighted by molar-refractivity contribution is -0.121. The molecule has 1 atom stereocenters. The Kier molecular flexibility index (Phi) is 8.08. The minimum absolute atomic E-state index is 0.116. The zero-order chi connectivity index (χ0) is 20.5. The molecule has 1 unspecified atom stereocenters. The SMILES string of the molecule is COc1ccc(C(CNC(=O)CCCc2ccccc2C)N2CCOCC2)cc1. The zero-order valence-electron chi connectivity index (χ0n) is 17.5. The van der Waals surface area contributed by atoms with Crippen molar-refractivity contribution in [2.45, 2.75) is 32.2 Å². The number of morpholine rings is 1. The minimum Gasteiger partial charge on any atom is -0.497 e. The van der Waals surface area contributed by atoms with Gasteiger partial charge in [-0.25, -0.2) is 0 Å². The van der Waals surface area contributed by atoms with E-state index in [1.165, 1.54) is 16.7 Å². The van der Waals surface area contributed by atoms with E-state index >= 15 is 0 Å². The number of nitrogens with one attached hydrogen (secondary N) is 1. The van der Waals surface area contributed by atoms with Crippen LogP contribution in [0.25, 0.3) is 0 Å². The Labute approximate surface area is 174 Å². The van der Waals surface area contributed by atoms with E-state index in [0.717, 1.165) is 44.9 Å². The highest BCUT2D eigenvalue weighted by Crippen LogP contribution is 2.23. The van der Waals surface area contributed by atoms with E-state index in [1.54, 1.807) is 7.11 Å². The molecule has 1 aliphatic heterocycles. The van der Waals surface area contributed by atoms with Crippen molar-refractivity contribution in [3.05, 3.63) is 65.2 Å². The van der Waals surface area contributed by atoms with E-state index in [9.17, 15) is 4.79 Å². The molecule has 1 fully saturated rings. The Balaban J connectivity index is 1.54. The summed E-state index contributed by atoms with van der Waals surface area (Å²) in [6, 6.07) is 16.7. The van der Waals surface area contributed by atoms with Crippen molar-refractivity contribution in [1.29, 1.82) is 0 Å². The largest absolute Gasteiger partial charge is 0.497 e. The van der Waals surface area contributed by atoms with Gasteiger partial charge in [0.1, 0.15) is 5.75 Å². The second kappa shape index (κ2) is 11.0. The average molecular weight is 397 g/mol. The summed E-state index contributed by atoms with van der Waals surface area (Å²) in [5.74, 6) is 0.958. The van der Waals surface area contributed by atoms with Crippen molar-refractivity contribution in [3.63, 3.8) is 0 Å². The van der Waals surface area contributed by atoms with Crippen LogP contribution in [-0.4, -0.2) is 50.8 Å². The standard InChI is InChI=1S/C24H32N2O3/c1-19-6-3-4-7-20(19)8-5-9-24(27)25-18-23(26-14-16-29-17-15-26)21-10-12-22(28-2)13-11-21/h3-4,6-7,10-13,23H,5,8-9,14-18H2,1-2H3,(H,25,27). The molecule has 1 N–H and O–H groups in total. The van der Waals surface area contributed by atoms with Crippen LogP contribution >= 0.6 is 0 Å². The molecular weight excluding hydrogens is 364 g/mol. The minimum atomic E-state index is 0.116. The molecule has 1 heterocycles. The summed E-state index contributed by atoms with van der Waals surface area (Å²) < 4.78 is 10.8. The molecule has 0 aromatic heterocycles. The lowest BCUT2D eigenvalue weighted by Crippen LogP contribution is -2.43. The molecule has 3 rings (SSSR count). The van der Waals surface area contributed by atoms with E-state index in [4.69, 9.17) is 9.47 Å². The van der Waals surface area contributed by atoms with Crippen LogP contribution in [-0.2, 0) is 16.0 Å². The average Bonchev–Trinajstić information content (AvgIpc) is 2.76. The molecule has 2 aromatic carbocycles. The van der Waals surface area contributed by atoms with Gasteiger partial charge in [0, 0.05) is 26.1 Å². The predicted molar refractivity (Wildman–Crippen MR) is 115 cm³/mol. The maximum absolute atomic E-state index is 12.5. The predicted octanol–water partition coefficient (Wildman–Crippen LogP) is 3.52. The maximum atomic E-state index is 12.5. The highest BCUT2D eigenvalue weighted by Gasteiger charge is 2.23. The van der Waals surface area contributed by atoms with Crippen molar-refractivity contribution in [3.8, 4) is 5.75 Å². The van der Waals surface area contributed by atoms with Gasteiger partial charge < -0.3 is 14.8 Å². The molecule has 0 spiro atoms. The fourth-order valence-corrected chi connectivity index (χ4v) is 3.80. The molecule has 1 saturated heterocycles. The third-order valence-electron chi connectivity index (χ3n) is 5.59. The summed E-state index contributed by atoms with van der Waals surface area (Å²) >= 11 is 0. The molecule has 5 heteroatoms. The molecule has 1 amide bonds. The van der Waals surface area contributed by atoms with Gasteiger partial charge in [-0.15, -0.1) is 0 Å². The van der Waals surface area contributed by atoms with Crippen LogP contribution in [0.15, 0.2) is 48.5 Å². The summed E-state index contributed by atoms with van der Waals surface area (Å²) in [4.78, 5) is 14.9. The number of aryl methyl sites for hydroxylation is 2. The first-order valence-corrected chi connectivity index (χ1v) is 10.4. The normalized spacial score (nSPS) is 15.7. The number of methoxy groups -OCH3 is 1. The number of benzene rings is 2. The van der Waals surface area contributed by atoms with Crippen molar-refractivity contribution < 1.29 is 14.3 Å². The van der Waals surface area contributed by atoms with E-state index in [0.29, 0.717) is 13.0 Å². The zero-order valence-corrected chi connectivity index (χ0v) is 17.5. The molecule has 0 bridgehead atoms. The molecule has 5 nitrogen and oxygen atoms in total. The number of ether oxygens (including phenoxy) is 2. The van der Waals surface area contributed by atoms with Gasteiger partial charge in [-0.3, -0.25) is 9.69 Å². The lowest BCUT2D eigenvalue weighted by Gasteiger charge is -2.35.